The molecule has 0 aliphatic carbocycles. The molecule has 0 saturated carbocycles. The highest BCUT2D eigenvalue weighted by atomic mass is 16.1. The highest BCUT2D eigenvalue weighted by Crippen LogP contribution is 2.15. The molecule has 1 amide bonds. The van der Waals surface area contributed by atoms with Gasteiger partial charge in [-0.3, -0.25) is 4.79 Å². The van der Waals surface area contributed by atoms with E-state index >= 15 is 0 Å². The lowest BCUT2D eigenvalue weighted by Crippen LogP contribution is -2.36. The molecule has 6 heteroatoms. The highest BCUT2D eigenvalue weighted by Gasteiger charge is 2.23. The van der Waals surface area contributed by atoms with Crippen molar-refractivity contribution in [3.63, 3.8) is 0 Å². The van der Waals surface area contributed by atoms with Crippen LogP contribution in [0.2, 0.25) is 0 Å². The number of nitrogens with one attached hydrogen (secondary N) is 2. The van der Waals surface area contributed by atoms with Gasteiger partial charge in [-0.15, -0.1) is 0 Å². The number of amides is 1. The molecule has 2 heterocycles. The van der Waals surface area contributed by atoms with Crippen LogP contribution < -0.4 is 5.32 Å². The monoisotopic (exact) mass is 329 g/mol. The van der Waals surface area contributed by atoms with Crippen LogP contribution in [0, 0.1) is 6.92 Å². The Morgan fingerprint density at radius 2 is 2.33 bits per heavy atom. The Bertz CT molecular complexity index is 710. The van der Waals surface area contributed by atoms with Crippen molar-refractivity contribution in [3.05, 3.63) is 29.6 Å². The molecule has 1 unspecified atom stereocenters. The molecule has 3 rings (SSSR count). The lowest BCUT2D eigenvalue weighted by Gasteiger charge is -2.23. The lowest BCUT2D eigenvalue weighted by molar-refractivity contribution is -0.121. The van der Waals surface area contributed by atoms with E-state index in [1.807, 2.05) is 25.1 Å². The van der Waals surface area contributed by atoms with Gasteiger partial charge in [0.25, 0.3) is 0 Å². The number of aromatic nitrogens is 2. The van der Waals surface area contributed by atoms with E-state index in [0.717, 1.165) is 42.1 Å². The van der Waals surface area contributed by atoms with Gasteiger partial charge in [0, 0.05) is 25.6 Å². The zero-order valence-corrected chi connectivity index (χ0v) is 14.8. The molecule has 1 aromatic heterocycles. The predicted octanol–water partition coefficient (Wildman–Crippen LogP) is 1.51. The van der Waals surface area contributed by atoms with Crippen molar-refractivity contribution in [2.24, 2.45) is 0 Å². The standard InChI is InChI=1S/C18H27N5O/c1-13-5-4-6-15-18(13)21-16(20-15)11-19-17(24)8-10-23(3)14-7-9-22(2)12-14/h4-6,14H,7-12H2,1-3H3,(H,19,24)(H,20,21). The summed E-state index contributed by atoms with van der Waals surface area (Å²) in [6.07, 6.45) is 1.71. The number of rotatable bonds is 6. The van der Waals surface area contributed by atoms with E-state index in [1.165, 1.54) is 6.42 Å². The number of para-hydroxylation sites is 1. The Labute approximate surface area is 143 Å². The van der Waals surface area contributed by atoms with Crippen molar-refractivity contribution in [1.82, 2.24) is 25.1 Å². The number of nitrogens with zero attached hydrogens (tertiary/aromatic N) is 3. The summed E-state index contributed by atoms with van der Waals surface area (Å²) in [7, 11) is 4.26. The summed E-state index contributed by atoms with van der Waals surface area (Å²) < 4.78 is 0. The minimum absolute atomic E-state index is 0.0744. The van der Waals surface area contributed by atoms with Gasteiger partial charge in [-0.1, -0.05) is 12.1 Å². The summed E-state index contributed by atoms with van der Waals surface area (Å²) in [5, 5.41) is 2.96. The Balaban J connectivity index is 1.45. The van der Waals surface area contributed by atoms with Crippen LogP contribution >= 0.6 is 0 Å². The van der Waals surface area contributed by atoms with E-state index in [-0.39, 0.29) is 5.91 Å². The molecule has 0 spiro atoms. The normalized spacial score (nSPS) is 18.6. The van der Waals surface area contributed by atoms with Crippen molar-refractivity contribution >= 4 is 16.9 Å². The minimum atomic E-state index is 0.0744. The number of aromatic amines is 1. The van der Waals surface area contributed by atoms with Crippen molar-refractivity contribution in [2.45, 2.75) is 32.4 Å². The van der Waals surface area contributed by atoms with E-state index in [2.05, 4.69) is 39.2 Å². The molecule has 0 radical (unpaired) electrons. The molecule has 0 bridgehead atoms. The number of H-pyrrole nitrogens is 1. The fourth-order valence-corrected chi connectivity index (χ4v) is 3.31. The Kier molecular flexibility index (Phi) is 5.16. The van der Waals surface area contributed by atoms with Crippen LogP contribution in [0.25, 0.3) is 11.0 Å². The minimum Gasteiger partial charge on any atom is -0.349 e. The van der Waals surface area contributed by atoms with Gasteiger partial charge in [-0.25, -0.2) is 4.98 Å². The number of hydrogen-bond donors (Lipinski definition) is 2. The maximum Gasteiger partial charge on any atom is 0.221 e. The quantitative estimate of drug-likeness (QED) is 0.843. The number of fused-ring (bicyclic) bond motifs is 1. The third-order valence-corrected chi connectivity index (χ3v) is 4.90. The molecular formula is C18H27N5O. The van der Waals surface area contributed by atoms with Crippen LogP contribution in [-0.2, 0) is 11.3 Å². The van der Waals surface area contributed by atoms with Crippen LogP contribution in [0.5, 0.6) is 0 Å². The first-order chi connectivity index (χ1) is 11.5. The number of carbonyl (C=O) groups excluding carboxylic acids is 1. The predicted molar refractivity (Wildman–Crippen MR) is 95.8 cm³/mol. The van der Waals surface area contributed by atoms with Crippen molar-refractivity contribution in [2.75, 3.05) is 33.7 Å². The van der Waals surface area contributed by atoms with Gasteiger partial charge < -0.3 is 20.1 Å². The molecule has 24 heavy (non-hydrogen) atoms. The zero-order valence-electron chi connectivity index (χ0n) is 14.8. The van der Waals surface area contributed by atoms with Gasteiger partial charge in [0.1, 0.15) is 5.82 Å². The van der Waals surface area contributed by atoms with Crippen LogP contribution in [-0.4, -0.2) is 65.4 Å². The third-order valence-electron chi connectivity index (χ3n) is 4.90. The van der Waals surface area contributed by atoms with E-state index in [9.17, 15) is 4.79 Å². The van der Waals surface area contributed by atoms with Crippen LogP contribution in [0.1, 0.15) is 24.2 Å². The number of likely N-dealkylation sites (tertiary alicyclic amines) is 1. The topological polar surface area (TPSA) is 64.3 Å². The second kappa shape index (κ2) is 7.32. The van der Waals surface area contributed by atoms with Gasteiger partial charge in [0.15, 0.2) is 0 Å². The summed E-state index contributed by atoms with van der Waals surface area (Å²) in [5.41, 5.74) is 3.14. The SMILES string of the molecule is Cc1cccc2[nH]c(CNC(=O)CCN(C)C3CCN(C)C3)nc12. The van der Waals surface area contributed by atoms with Gasteiger partial charge >= 0.3 is 0 Å². The molecule has 1 saturated heterocycles. The maximum absolute atomic E-state index is 12.1. The first-order valence-corrected chi connectivity index (χ1v) is 8.62. The molecule has 130 valence electrons. The zero-order chi connectivity index (χ0) is 17.1. The maximum atomic E-state index is 12.1. The van der Waals surface area contributed by atoms with E-state index in [1.54, 1.807) is 0 Å². The summed E-state index contributed by atoms with van der Waals surface area (Å²) in [4.78, 5) is 24.6. The van der Waals surface area contributed by atoms with Crippen molar-refractivity contribution in [3.8, 4) is 0 Å². The summed E-state index contributed by atoms with van der Waals surface area (Å²) in [6.45, 7) is 5.53. The van der Waals surface area contributed by atoms with Crippen LogP contribution in [0.3, 0.4) is 0 Å². The number of benzene rings is 1. The first-order valence-electron chi connectivity index (χ1n) is 8.62. The molecule has 2 N–H and O–H groups in total. The van der Waals surface area contributed by atoms with Gasteiger partial charge in [0.05, 0.1) is 17.6 Å². The summed E-state index contributed by atoms with van der Waals surface area (Å²) >= 11 is 0. The number of carbonyl (C=O) groups is 1. The van der Waals surface area contributed by atoms with E-state index in [4.69, 9.17) is 0 Å². The molecule has 1 aromatic carbocycles. The fraction of sp³-hybridized carbons (Fsp3) is 0.556. The third kappa shape index (κ3) is 3.94. The largest absolute Gasteiger partial charge is 0.349 e. The number of hydrogen-bond acceptors (Lipinski definition) is 4. The van der Waals surface area contributed by atoms with Gasteiger partial charge in [-0.05, 0) is 45.6 Å². The van der Waals surface area contributed by atoms with Crippen LogP contribution in [0.15, 0.2) is 18.2 Å². The summed E-state index contributed by atoms with van der Waals surface area (Å²) in [6, 6.07) is 6.63. The molecule has 1 aliphatic rings. The highest BCUT2D eigenvalue weighted by molar-refractivity contribution is 5.79. The van der Waals surface area contributed by atoms with Crippen molar-refractivity contribution in [1.29, 1.82) is 0 Å². The second-order valence-electron chi connectivity index (χ2n) is 6.87. The van der Waals surface area contributed by atoms with E-state index < -0.39 is 0 Å². The Morgan fingerprint density at radius 1 is 1.50 bits per heavy atom. The molecule has 1 fully saturated rings. The average Bonchev–Trinajstić information content (AvgIpc) is 3.17. The number of likely N-dealkylation sites (N-methyl/N-ethyl adjacent to an activating group) is 2. The number of aryl methyl sites for hydroxylation is 1. The Hall–Kier alpha value is -1.92. The molecular weight excluding hydrogens is 302 g/mol. The molecule has 6 nitrogen and oxygen atoms in total. The van der Waals surface area contributed by atoms with Gasteiger partial charge in [-0.2, -0.15) is 0 Å². The Morgan fingerprint density at radius 3 is 3.04 bits per heavy atom. The van der Waals surface area contributed by atoms with Crippen molar-refractivity contribution < 1.29 is 4.79 Å². The molecule has 2 aromatic rings. The van der Waals surface area contributed by atoms with E-state index in [0.29, 0.717) is 19.0 Å². The first kappa shape index (κ1) is 16.9. The smallest absolute Gasteiger partial charge is 0.221 e. The van der Waals surface area contributed by atoms with Crippen LogP contribution in [0.4, 0.5) is 0 Å². The molecule has 1 aliphatic heterocycles. The second-order valence-corrected chi connectivity index (χ2v) is 6.87. The lowest BCUT2D eigenvalue weighted by atomic mass is 10.2. The average molecular weight is 329 g/mol. The van der Waals surface area contributed by atoms with Gasteiger partial charge in [0.2, 0.25) is 5.91 Å². The molecule has 1 atom stereocenters. The summed E-state index contributed by atoms with van der Waals surface area (Å²) in [5.74, 6) is 0.879. The fourth-order valence-electron chi connectivity index (χ4n) is 3.31. The number of imidazole rings is 1.